The highest BCUT2D eigenvalue weighted by Gasteiger charge is 2.29. The average Bonchev–Trinajstić information content (AvgIpc) is 3.57. The molecule has 21 nitrogen and oxygen atoms in total. The summed E-state index contributed by atoms with van der Waals surface area (Å²) in [6.07, 6.45) is 11.7. The van der Waals surface area contributed by atoms with Crippen molar-refractivity contribution in [2.75, 3.05) is 31.6 Å². The van der Waals surface area contributed by atoms with Gasteiger partial charge in [-0.25, -0.2) is 14.6 Å². The molecule has 21 heteroatoms. The molecule has 3 aromatic rings. The highest BCUT2D eigenvalue weighted by Crippen LogP contribution is 2.26. The molecule has 1 saturated carbocycles. The second-order valence-electron chi connectivity index (χ2n) is 14.1. The summed E-state index contributed by atoms with van der Waals surface area (Å²) in [5, 5.41) is 29.2. The van der Waals surface area contributed by atoms with Gasteiger partial charge in [0.05, 0.1) is 32.1 Å². The first-order valence-corrected chi connectivity index (χ1v) is 18.9. The van der Waals surface area contributed by atoms with Crippen LogP contribution >= 0.6 is 0 Å². The lowest BCUT2D eigenvalue weighted by atomic mass is 9.87. The number of carbonyl (C=O) groups excluding carboxylic acids is 4. The summed E-state index contributed by atoms with van der Waals surface area (Å²) >= 11 is 0. The topological polar surface area (TPSA) is 282 Å². The fourth-order valence-corrected chi connectivity index (χ4v) is 6.35. The number of anilines is 2. The minimum Gasteiger partial charge on any atom is -0.481 e. The first kappa shape index (κ1) is 46.3. The lowest BCUT2D eigenvalue weighted by molar-refractivity contribution is -0.140. The number of aromatic nitrogens is 6. The van der Waals surface area contributed by atoms with Crippen LogP contribution in [0, 0.1) is 12.8 Å². The summed E-state index contributed by atoms with van der Waals surface area (Å²) in [6, 6.07) is -2.52. The van der Waals surface area contributed by atoms with Crippen LogP contribution in [-0.2, 0) is 41.9 Å². The number of rotatable bonds is 20. The van der Waals surface area contributed by atoms with Gasteiger partial charge in [-0.05, 0) is 46.2 Å². The standard InChI is InChI=1S/C35H48N10O9.C2H4O2/c1-5-28(33(51)39-26(23(3)46)17-30(49)50)44-16-13-37-32(35(44)53)45(20-27-22(2)40-54-41-27)31-34(52)43(15-12-36-31)21-29(48)38-18-25(47)19-42(4)14-11-24-9-7-6-8-10-24;1-2(3)4/h12-13,15-16,24,26,28H,5-11,14,17-21H2,1-4H3,(H,38,48)(H,39,51)(H,49,50);1H3,(H,3,4). The summed E-state index contributed by atoms with van der Waals surface area (Å²) in [7, 11) is 1.88. The number of Topliss-reactive ketones (excluding diaryl/α,β-unsaturated/α-hetero) is 2. The first-order chi connectivity index (χ1) is 27.5. The van der Waals surface area contributed by atoms with E-state index in [1.54, 1.807) is 13.8 Å². The number of carbonyl (C=O) groups is 6. The molecule has 316 valence electrons. The van der Waals surface area contributed by atoms with Crippen molar-refractivity contribution < 1.29 is 43.6 Å². The Labute approximate surface area is 333 Å². The Morgan fingerprint density at radius 3 is 2.19 bits per heavy atom. The van der Waals surface area contributed by atoms with Crippen molar-refractivity contribution >= 4 is 47.0 Å². The Morgan fingerprint density at radius 1 is 0.966 bits per heavy atom. The number of nitrogens with one attached hydrogen (secondary N) is 2. The lowest BCUT2D eigenvalue weighted by Gasteiger charge is -2.24. The van der Waals surface area contributed by atoms with E-state index in [0.717, 1.165) is 40.8 Å². The number of aliphatic carboxylic acids is 2. The van der Waals surface area contributed by atoms with Crippen molar-refractivity contribution in [3.05, 3.63) is 56.9 Å². The SMILES string of the molecule is CC(=O)O.CCC(C(=O)NC(CC(=O)O)C(C)=O)n1ccnc(N(Cc2nonc2C)c2nccn(CC(=O)NCC(=O)CN(C)CCC3CCCCC3)c2=O)c1=O. The van der Waals surface area contributed by atoms with Gasteiger partial charge < -0.3 is 25.4 Å². The van der Waals surface area contributed by atoms with E-state index >= 15 is 0 Å². The van der Waals surface area contributed by atoms with Crippen molar-refractivity contribution in [1.29, 1.82) is 0 Å². The van der Waals surface area contributed by atoms with E-state index in [-0.39, 0.29) is 49.2 Å². The maximum atomic E-state index is 14.0. The smallest absolute Gasteiger partial charge is 0.305 e. The number of hydrogen-bond donors (Lipinski definition) is 4. The number of ketones is 2. The minimum atomic E-state index is -1.32. The van der Waals surface area contributed by atoms with Crippen LogP contribution in [0.25, 0.3) is 0 Å². The van der Waals surface area contributed by atoms with Crippen LogP contribution in [0.15, 0.2) is 39.0 Å². The van der Waals surface area contributed by atoms with Crippen LogP contribution in [0.3, 0.4) is 0 Å². The van der Waals surface area contributed by atoms with E-state index in [9.17, 15) is 38.7 Å². The third kappa shape index (κ3) is 14.1. The zero-order valence-corrected chi connectivity index (χ0v) is 33.4. The Morgan fingerprint density at radius 2 is 1.60 bits per heavy atom. The molecule has 4 rings (SSSR count). The van der Waals surface area contributed by atoms with E-state index in [4.69, 9.17) is 14.5 Å². The first-order valence-electron chi connectivity index (χ1n) is 18.9. The monoisotopic (exact) mass is 812 g/mol. The number of hydrogen-bond acceptors (Lipinski definition) is 15. The van der Waals surface area contributed by atoms with E-state index in [0.29, 0.717) is 11.6 Å². The average molecular weight is 813 g/mol. The summed E-state index contributed by atoms with van der Waals surface area (Å²) in [6.45, 7) is 5.45. The second-order valence-corrected chi connectivity index (χ2v) is 14.1. The van der Waals surface area contributed by atoms with Gasteiger partial charge in [-0.2, -0.15) is 0 Å². The van der Waals surface area contributed by atoms with Gasteiger partial charge in [-0.3, -0.25) is 52.7 Å². The number of carboxylic acids is 2. The molecule has 1 fully saturated rings. The number of amides is 2. The maximum absolute atomic E-state index is 14.0. The molecule has 2 atom stereocenters. The molecule has 3 heterocycles. The molecule has 0 saturated heterocycles. The molecule has 2 unspecified atom stereocenters. The van der Waals surface area contributed by atoms with E-state index in [1.807, 2.05) is 11.9 Å². The van der Waals surface area contributed by atoms with E-state index < -0.39 is 65.7 Å². The summed E-state index contributed by atoms with van der Waals surface area (Å²) in [5.74, 6) is -4.24. The molecule has 3 aromatic heterocycles. The maximum Gasteiger partial charge on any atom is 0.305 e. The van der Waals surface area contributed by atoms with Crippen molar-refractivity contribution in [2.24, 2.45) is 5.92 Å². The third-order valence-electron chi connectivity index (χ3n) is 9.41. The molecule has 0 aromatic carbocycles. The summed E-state index contributed by atoms with van der Waals surface area (Å²) in [4.78, 5) is 111. The van der Waals surface area contributed by atoms with Gasteiger partial charge >= 0.3 is 5.97 Å². The quantitative estimate of drug-likeness (QED) is 0.124. The molecule has 0 spiro atoms. The van der Waals surface area contributed by atoms with Crippen LogP contribution in [-0.4, -0.2) is 113 Å². The van der Waals surface area contributed by atoms with Crippen molar-refractivity contribution in [3.63, 3.8) is 0 Å². The van der Waals surface area contributed by atoms with Gasteiger partial charge in [0.15, 0.2) is 11.6 Å². The molecule has 0 radical (unpaired) electrons. The predicted molar refractivity (Wildman–Crippen MR) is 206 cm³/mol. The van der Waals surface area contributed by atoms with Gasteiger partial charge in [0.25, 0.3) is 17.1 Å². The second kappa shape index (κ2) is 22.6. The number of nitrogens with zero attached hydrogens (tertiary/aromatic N) is 8. The van der Waals surface area contributed by atoms with Crippen LogP contribution in [0.5, 0.6) is 0 Å². The highest BCUT2D eigenvalue weighted by molar-refractivity contribution is 5.91. The normalized spacial score (nSPS) is 13.8. The van der Waals surface area contributed by atoms with Gasteiger partial charge in [0.1, 0.15) is 24.0 Å². The van der Waals surface area contributed by atoms with Crippen LogP contribution in [0.1, 0.15) is 89.6 Å². The molecular formula is C37H52N10O11. The number of aryl methyl sites for hydroxylation is 1. The molecule has 1 aliphatic carbocycles. The van der Waals surface area contributed by atoms with Crippen molar-refractivity contribution in [2.45, 2.75) is 104 Å². The van der Waals surface area contributed by atoms with Gasteiger partial charge in [0.2, 0.25) is 23.5 Å². The van der Waals surface area contributed by atoms with Gasteiger partial charge in [-0.1, -0.05) is 49.3 Å². The van der Waals surface area contributed by atoms with Crippen LogP contribution in [0.2, 0.25) is 0 Å². The Hall–Kier alpha value is -6.12. The van der Waals surface area contributed by atoms with Crippen molar-refractivity contribution in [3.8, 4) is 0 Å². The molecular weight excluding hydrogens is 760 g/mol. The van der Waals surface area contributed by atoms with Crippen LogP contribution in [0.4, 0.5) is 11.6 Å². The van der Waals surface area contributed by atoms with E-state index in [1.165, 1.54) is 56.9 Å². The number of carboxylic acid groups (broad SMARTS) is 2. The zero-order chi connectivity index (χ0) is 42.9. The molecule has 4 N–H and O–H groups in total. The largest absolute Gasteiger partial charge is 0.481 e. The van der Waals surface area contributed by atoms with Gasteiger partial charge in [0, 0.05) is 31.7 Å². The molecule has 58 heavy (non-hydrogen) atoms. The van der Waals surface area contributed by atoms with Gasteiger partial charge in [-0.15, -0.1) is 0 Å². The summed E-state index contributed by atoms with van der Waals surface area (Å²) < 4.78 is 6.94. The molecule has 1 aliphatic rings. The molecule has 0 aliphatic heterocycles. The fraction of sp³-hybridized carbons (Fsp3) is 0.568. The Kier molecular flexibility index (Phi) is 18.0. The van der Waals surface area contributed by atoms with Crippen LogP contribution < -0.4 is 26.7 Å². The molecule has 0 bridgehead atoms. The molecule has 2 amide bonds. The predicted octanol–water partition coefficient (Wildman–Crippen LogP) is 1.01. The van der Waals surface area contributed by atoms with E-state index in [2.05, 4.69) is 30.9 Å². The summed E-state index contributed by atoms with van der Waals surface area (Å²) in [5.41, 5.74) is -1.04. The van der Waals surface area contributed by atoms with Crippen molar-refractivity contribution in [1.82, 2.24) is 44.9 Å². The highest BCUT2D eigenvalue weighted by atomic mass is 16.6. The zero-order valence-electron chi connectivity index (χ0n) is 33.4. The Bertz CT molecular complexity index is 2020. The number of likely N-dealkylation sites (N-methyl/N-ethyl adjacent to an activating group) is 1. The Balaban J connectivity index is 0.00000215. The minimum absolute atomic E-state index is 0.0595. The fourth-order valence-electron chi connectivity index (χ4n) is 6.35. The third-order valence-corrected chi connectivity index (χ3v) is 9.41. The lowest BCUT2D eigenvalue weighted by Crippen LogP contribution is -2.46.